The van der Waals surface area contributed by atoms with E-state index in [9.17, 15) is 0 Å². The van der Waals surface area contributed by atoms with Crippen molar-refractivity contribution in [2.75, 3.05) is 38.8 Å². The Hall–Kier alpha value is -3.23. The highest BCUT2D eigenvalue weighted by atomic mass is 28.4. The highest BCUT2D eigenvalue weighted by molar-refractivity contribution is 6.74. The third kappa shape index (κ3) is 5.60. The lowest BCUT2D eigenvalue weighted by atomic mass is 10.1. The number of anilines is 2. The van der Waals surface area contributed by atoms with Gasteiger partial charge in [-0.2, -0.15) is 0 Å². The van der Waals surface area contributed by atoms with Crippen molar-refractivity contribution in [1.82, 2.24) is 9.97 Å². The molecule has 0 atom stereocenters. The van der Waals surface area contributed by atoms with Crippen molar-refractivity contribution >= 4 is 42.5 Å². The van der Waals surface area contributed by atoms with Crippen molar-refractivity contribution in [3.8, 4) is 11.5 Å². The van der Waals surface area contributed by atoms with Gasteiger partial charge in [-0.1, -0.05) is 26.8 Å². The molecule has 2 aromatic carbocycles. The van der Waals surface area contributed by atoms with Crippen LogP contribution >= 0.6 is 0 Å². The van der Waals surface area contributed by atoms with E-state index in [2.05, 4.69) is 67.0 Å². The average Bonchev–Trinajstić information content (AvgIpc) is 3.40. The molecule has 3 aromatic rings. The van der Waals surface area contributed by atoms with Gasteiger partial charge < -0.3 is 18.8 Å². The summed E-state index contributed by atoms with van der Waals surface area (Å²) in [6, 6.07) is 12.1. The Morgan fingerprint density at radius 2 is 1.67 bits per heavy atom. The zero-order valence-electron chi connectivity index (χ0n) is 22.3. The number of benzene rings is 2. The van der Waals surface area contributed by atoms with Gasteiger partial charge in [0.1, 0.15) is 11.5 Å². The highest BCUT2D eigenvalue weighted by Gasteiger charge is 2.37. The first-order chi connectivity index (χ1) is 17.1. The molecule has 0 fully saturated rings. The van der Waals surface area contributed by atoms with Crippen LogP contribution in [0.25, 0.3) is 16.6 Å². The summed E-state index contributed by atoms with van der Waals surface area (Å²) < 4.78 is 17.7. The zero-order valence-corrected chi connectivity index (χ0v) is 23.3. The minimum Gasteiger partial charge on any atom is -0.497 e. The zero-order chi connectivity index (χ0) is 25.9. The Bertz CT molecular complexity index is 1280. The molecule has 0 saturated carbocycles. The molecular weight excluding hydrogens is 468 g/mol. The van der Waals surface area contributed by atoms with Crippen LogP contribution in [-0.4, -0.2) is 58.4 Å². The van der Waals surface area contributed by atoms with Crippen LogP contribution in [-0.2, 0) is 4.43 Å². The molecule has 0 radical (unpaired) electrons. The quantitative estimate of drug-likeness (QED) is 0.320. The number of ether oxygens (including phenoxy) is 2. The third-order valence-corrected chi connectivity index (χ3v) is 11.6. The van der Waals surface area contributed by atoms with Crippen LogP contribution in [0.4, 0.5) is 11.4 Å². The van der Waals surface area contributed by atoms with E-state index in [1.165, 1.54) is 0 Å². The number of aliphatic imine (C=N–C) groups is 1. The fourth-order valence-corrected chi connectivity index (χ4v) is 4.83. The van der Waals surface area contributed by atoms with E-state index in [1.54, 1.807) is 14.2 Å². The summed E-state index contributed by atoms with van der Waals surface area (Å²) in [5.74, 6) is 1.46. The smallest absolute Gasteiger partial charge is 0.192 e. The predicted octanol–water partition coefficient (Wildman–Crippen LogP) is 6.27. The van der Waals surface area contributed by atoms with Crippen molar-refractivity contribution < 1.29 is 13.9 Å². The maximum atomic E-state index is 6.54. The molecule has 1 aliphatic rings. The maximum Gasteiger partial charge on any atom is 0.192 e. The van der Waals surface area contributed by atoms with Crippen LogP contribution in [0.15, 0.2) is 53.7 Å². The van der Waals surface area contributed by atoms with Gasteiger partial charge in [-0.3, -0.25) is 9.98 Å². The Morgan fingerprint density at radius 1 is 0.944 bits per heavy atom. The largest absolute Gasteiger partial charge is 0.497 e. The van der Waals surface area contributed by atoms with Crippen molar-refractivity contribution in [1.29, 1.82) is 0 Å². The number of allylic oxidation sites excluding steroid dienone is 1. The minimum absolute atomic E-state index is 0.143. The first-order valence-electron chi connectivity index (χ1n) is 12.2. The summed E-state index contributed by atoms with van der Waals surface area (Å²) in [4.78, 5) is 16.0. The molecule has 7 nitrogen and oxygen atoms in total. The molecule has 0 bridgehead atoms. The number of methoxy groups -OCH3 is 2. The molecule has 36 heavy (non-hydrogen) atoms. The molecule has 1 aromatic heterocycles. The molecule has 190 valence electrons. The number of hydrogen-bond acceptors (Lipinski definition) is 7. The Kier molecular flexibility index (Phi) is 7.47. The number of fused-ring (bicyclic) bond motifs is 1. The summed E-state index contributed by atoms with van der Waals surface area (Å²) in [6.45, 7) is 13.3. The van der Waals surface area contributed by atoms with E-state index in [4.69, 9.17) is 18.9 Å². The standard InChI is InChI=1S/C28H36N4O3Si/c1-28(2,3)36(6,7)35-13-12-32(22-14-23(33-4)17-24(15-22)34-5)21-8-9-25-26(16-21)31-27(19-30-25)20-10-11-29-18-20/h8-10,14-19H,11-13H2,1-7H3. The number of nitrogens with zero attached hydrogens (tertiary/aromatic N) is 4. The molecule has 8 heteroatoms. The van der Waals surface area contributed by atoms with Gasteiger partial charge in [0.15, 0.2) is 8.32 Å². The van der Waals surface area contributed by atoms with Gasteiger partial charge in [0.2, 0.25) is 0 Å². The fourth-order valence-electron chi connectivity index (χ4n) is 3.80. The van der Waals surface area contributed by atoms with Gasteiger partial charge in [-0.15, -0.1) is 0 Å². The van der Waals surface area contributed by atoms with Gasteiger partial charge in [-0.25, -0.2) is 4.98 Å². The van der Waals surface area contributed by atoms with E-state index in [0.29, 0.717) is 19.7 Å². The second-order valence-corrected chi connectivity index (χ2v) is 15.2. The SMILES string of the molecule is COc1cc(OC)cc(N(CCO[Si](C)(C)C(C)(C)C)c2ccc3ncc(C4=CCN=C4)nc3c2)c1. The highest BCUT2D eigenvalue weighted by Crippen LogP contribution is 2.37. The van der Waals surface area contributed by atoms with E-state index < -0.39 is 8.32 Å². The van der Waals surface area contributed by atoms with Crippen LogP contribution in [0, 0.1) is 0 Å². The van der Waals surface area contributed by atoms with Gasteiger partial charge in [0.25, 0.3) is 0 Å². The lowest BCUT2D eigenvalue weighted by Gasteiger charge is -2.37. The van der Waals surface area contributed by atoms with E-state index in [-0.39, 0.29) is 5.04 Å². The summed E-state index contributed by atoms with van der Waals surface area (Å²) in [5, 5.41) is 0.143. The van der Waals surface area contributed by atoms with Crippen LogP contribution in [0.5, 0.6) is 11.5 Å². The Balaban J connectivity index is 1.72. The molecule has 2 heterocycles. The fraction of sp³-hybridized carbons (Fsp3) is 0.393. The first-order valence-corrected chi connectivity index (χ1v) is 15.1. The Morgan fingerprint density at radius 3 is 2.28 bits per heavy atom. The summed E-state index contributed by atoms with van der Waals surface area (Å²) in [6.07, 6.45) is 5.72. The predicted molar refractivity (Wildman–Crippen MR) is 151 cm³/mol. The van der Waals surface area contributed by atoms with Crippen molar-refractivity contribution in [2.24, 2.45) is 4.99 Å². The second-order valence-electron chi connectivity index (χ2n) is 10.4. The van der Waals surface area contributed by atoms with Crippen LogP contribution in [0.1, 0.15) is 26.5 Å². The Labute approximate surface area is 215 Å². The van der Waals surface area contributed by atoms with Crippen LogP contribution < -0.4 is 14.4 Å². The molecule has 4 rings (SSSR count). The summed E-state index contributed by atoms with van der Waals surface area (Å²) >= 11 is 0. The van der Waals surface area contributed by atoms with Crippen molar-refractivity contribution in [3.05, 3.63) is 54.4 Å². The molecular formula is C28H36N4O3Si. The maximum absolute atomic E-state index is 6.54. The number of aromatic nitrogens is 2. The summed E-state index contributed by atoms with van der Waals surface area (Å²) in [5.41, 5.74) is 5.47. The topological polar surface area (TPSA) is 69.1 Å². The molecule has 0 N–H and O–H groups in total. The van der Waals surface area contributed by atoms with E-state index in [0.717, 1.165) is 45.2 Å². The molecule has 0 amide bonds. The second kappa shape index (κ2) is 10.4. The first kappa shape index (κ1) is 25.8. The van der Waals surface area contributed by atoms with Gasteiger partial charge in [0, 0.05) is 47.9 Å². The number of hydrogen-bond donors (Lipinski definition) is 0. The molecule has 0 spiro atoms. The van der Waals surface area contributed by atoms with Gasteiger partial charge in [-0.05, 0) is 36.3 Å². The molecule has 0 aliphatic carbocycles. The lowest BCUT2D eigenvalue weighted by Crippen LogP contribution is -2.42. The molecule has 1 aliphatic heterocycles. The number of rotatable bonds is 9. The summed E-state index contributed by atoms with van der Waals surface area (Å²) in [7, 11) is 1.44. The van der Waals surface area contributed by atoms with Crippen LogP contribution in [0.2, 0.25) is 18.1 Å². The molecule has 0 saturated heterocycles. The van der Waals surface area contributed by atoms with Crippen molar-refractivity contribution in [2.45, 2.75) is 38.9 Å². The van der Waals surface area contributed by atoms with Gasteiger partial charge in [0.05, 0.1) is 50.3 Å². The minimum atomic E-state index is -1.89. The van der Waals surface area contributed by atoms with E-state index in [1.807, 2.05) is 36.7 Å². The third-order valence-electron chi connectivity index (χ3n) is 7.01. The average molecular weight is 505 g/mol. The van der Waals surface area contributed by atoms with Gasteiger partial charge >= 0.3 is 0 Å². The monoisotopic (exact) mass is 504 g/mol. The lowest BCUT2D eigenvalue weighted by molar-refractivity contribution is 0.297. The van der Waals surface area contributed by atoms with Crippen LogP contribution in [0.3, 0.4) is 0 Å². The van der Waals surface area contributed by atoms with E-state index >= 15 is 0 Å². The normalized spacial score (nSPS) is 13.7. The molecule has 0 unspecified atom stereocenters. The van der Waals surface area contributed by atoms with Crippen molar-refractivity contribution in [3.63, 3.8) is 0 Å².